The number of nitrogens with one attached hydrogen (secondary N) is 1. The van der Waals surface area contributed by atoms with Crippen molar-refractivity contribution in [2.24, 2.45) is 0 Å². The standard InChI is InChI=1S/C24H32N2O3/c1-5-6-13-25-24(28)19(3)26(17-21-11-8-12-22(15-21)29-4)23(27)16-20-10-7-9-18(2)14-20/h7-12,14-15,19H,5-6,13,16-17H2,1-4H3,(H,25,28)/t19-/m1/s1. The third kappa shape index (κ3) is 6.93. The van der Waals surface area contributed by atoms with Gasteiger partial charge in [-0.15, -0.1) is 0 Å². The molecule has 2 aromatic rings. The molecule has 0 aliphatic rings. The zero-order valence-corrected chi connectivity index (χ0v) is 17.9. The summed E-state index contributed by atoms with van der Waals surface area (Å²) in [5, 5.41) is 2.94. The van der Waals surface area contributed by atoms with Crippen molar-refractivity contribution in [3.8, 4) is 5.75 Å². The molecule has 0 aliphatic carbocycles. The van der Waals surface area contributed by atoms with E-state index < -0.39 is 6.04 Å². The van der Waals surface area contributed by atoms with Crippen LogP contribution in [0, 0.1) is 6.92 Å². The van der Waals surface area contributed by atoms with Gasteiger partial charge < -0.3 is 15.0 Å². The number of aryl methyl sites for hydroxylation is 1. The highest BCUT2D eigenvalue weighted by atomic mass is 16.5. The first-order valence-corrected chi connectivity index (χ1v) is 10.2. The van der Waals surface area contributed by atoms with Gasteiger partial charge in [-0.2, -0.15) is 0 Å². The van der Waals surface area contributed by atoms with Gasteiger partial charge in [-0.1, -0.05) is 55.3 Å². The minimum absolute atomic E-state index is 0.0726. The predicted molar refractivity (Wildman–Crippen MR) is 116 cm³/mol. The Morgan fingerprint density at radius 1 is 1.10 bits per heavy atom. The molecule has 1 N–H and O–H groups in total. The molecule has 0 bridgehead atoms. The zero-order valence-electron chi connectivity index (χ0n) is 17.9. The van der Waals surface area contributed by atoms with Crippen molar-refractivity contribution in [3.63, 3.8) is 0 Å². The van der Waals surface area contributed by atoms with Crippen LogP contribution in [0.4, 0.5) is 0 Å². The van der Waals surface area contributed by atoms with E-state index in [0.717, 1.165) is 35.3 Å². The van der Waals surface area contributed by atoms with Gasteiger partial charge in [0.1, 0.15) is 11.8 Å². The summed E-state index contributed by atoms with van der Waals surface area (Å²) in [6.45, 7) is 6.85. The minimum atomic E-state index is -0.560. The van der Waals surface area contributed by atoms with Crippen molar-refractivity contribution in [2.45, 2.75) is 52.6 Å². The Morgan fingerprint density at radius 2 is 1.83 bits per heavy atom. The van der Waals surface area contributed by atoms with Crippen LogP contribution in [0.1, 0.15) is 43.4 Å². The third-order valence-electron chi connectivity index (χ3n) is 4.92. The SMILES string of the molecule is CCCCNC(=O)[C@@H](C)N(Cc1cccc(OC)c1)C(=O)Cc1cccc(C)c1. The van der Waals surface area contributed by atoms with Crippen molar-refractivity contribution in [1.82, 2.24) is 10.2 Å². The smallest absolute Gasteiger partial charge is 0.242 e. The molecular formula is C24H32N2O3. The first kappa shape index (κ1) is 22.5. The van der Waals surface area contributed by atoms with Gasteiger partial charge in [0.05, 0.1) is 13.5 Å². The van der Waals surface area contributed by atoms with Crippen LogP contribution in [0.25, 0.3) is 0 Å². The van der Waals surface area contributed by atoms with Crippen LogP contribution in [0.5, 0.6) is 5.75 Å². The number of amides is 2. The summed E-state index contributed by atoms with van der Waals surface area (Å²) in [6, 6.07) is 14.9. The number of carbonyl (C=O) groups excluding carboxylic acids is 2. The monoisotopic (exact) mass is 396 g/mol. The molecule has 0 saturated heterocycles. The number of hydrogen-bond donors (Lipinski definition) is 1. The molecule has 2 rings (SSSR count). The Balaban J connectivity index is 2.20. The second-order valence-electron chi connectivity index (χ2n) is 7.36. The number of carbonyl (C=O) groups is 2. The predicted octanol–water partition coefficient (Wildman–Crippen LogP) is 3.88. The van der Waals surface area contributed by atoms with E-state index in [-0.39, 0.29) is 18.2 Å². The second kappa shape index (κ2) is 11.2. The Labute approximate surface area is 174 Å². The molecule has 0 aliphatic heterocycles. The molecule has 0 aromatic heterocycles. The van der Waals surface area contributed by atoms with Crippen LogP contribution in [0.3, 0.4) is 0 Å². The summed E-state index contributed by atoms with van der Waals surface area (Å²) < 4.78 is 5.30. The minimum Gasteiger partial charge on any atom is -0.497 e. The number of hydrogen-bond acceptors (Lipinski definition) is 3. The largest absolute Gasteiger partial charge is 0.497 e. The van der Waals surface area contributed by atoms with Crippen LogP contribution >= 0.6 is 0 Å². The number of benzene rings is 2. The Hall–Kier alpha value is -2.82. The molecule has 5 nitrogen and oxygen atoms in total. The molecule has 5 heteroatoms. The van der Waals surface area contributed by atoms with E-state index in [9.17, 15) is 9.59 Å². The maximum absolute atomic E-state index is 13.2. The van der Waals surface area contributed by atoms with Crippen molar-refractivity contribution in [3.05, 3.63) is 65.2 Å². The second-order valence-corrected chi connectivity index (χ2v) is 7.36. The number of nitrogens with zero attached hydrogens (tertiary/aromatic N) is 1. The van der Waals surface area contributed by atoms with Crippen LogP contribution < -0.4 is 10.1 Å². The first-order chi connectivity index (χ1) is 13.9. The summed E-state index contributed by atoms with van der Waals surface area (Å²) in [5.41, 5.74) is 2.99. The lowest BCUT2D eigenvalue weighted by molar-refractivity contribution is -0.140. The van der Waals surface area contributed by atoms with Gasteiger partial charge in [-0.25, -0.2) is 0 Å². The Bertz CT molecular complexity index is 819. The molecule has 156 valence electrons. The van der Waals surface area contributed by atoms with E-state index >= 15 is 0 Å². The molecule has 0 fully saturated rings. The number of unbranched alkanes of at least 4 members (excludes halogenated alkanes) is 1. The van der Waals surface area contributed by atoms with Gasteiger partial charge in [0.15, 0.2) is 0 Å². The molecule has 0 unspecified atom stereocenters. The van der Waals surface area contributed by atoms with Crippen molar-refractivity contribution in [1.29, 1.82) is 0 Å². The highest BCUT2D eigenvalue weighted by Gasteiger charge is 2.26. The van der Waals surface area contributed by atoms with Crippen LogP contribution in [-0.4, -0.2) is 36.4 Å². The summed E-state index contributed by atoms with van der Waals surface area (Å²) >= 11 is 0. The number of rotatable bonds is 10. The molecule has 0 radical (unpaired) electrons. The van der Waals surface area contributed by atoms with E-state index in [1.807, 2.05) is 55.5 Å². The van der Waals surface area contributed by atoms with Crippen LogP contribution in [0.15, 0.2) is 48.5 Å². The topological polar surface area (TPSA) is 58.6 Å². The average molecular weight is 397 g/mol. The van der Waals surface area contributed by atoms with E-state index in [4.69, 9.17) is 4.74 Å². The third-order valence-corrected chi connectivity index (χ3v) is 4.92. The number of ether oxygens (including phenoxy) is 1. The number of methoxy groups -OCH3 is 1. The van der Waals surface area contributed by atoms with Crippen molar-refractivity contribution >= 4 is 11.8 Å². The van der Waals surface area contributed by atoms with Gasteiger partial charge in [0.2, 0.25) is 11.8 Å². The van der Waals surface area contributed by atoms with Crippen LogP contribution in [-0.2, 0) is 22.6 Å². The maximum atomic E-state index is 13.2. The van der Waals surface area contributed by atoms with E-state index in [1.165, 1.54) is 0 Å². The molecule has 1 atom stereocenters. The van der Waals surface area contributed by atoms with Gasteiger partial charge >= 0.3 is 0 Å². The van der Waals surface area contributed by atoms with Gasteiger partial charge in [0.25, 0.3) is 0 Å². The lowest BCUT2D eigenvalue weighted by Gasteiger charge is -2.29. The van der Waals surface area contributed by atoms with E-state index in [1.54, 1.807) is 18.9 Å². The lowest BCUT2D eigenvalue weighted by Crippen LogP contribution is -2.48. The highest BCUT2D eigenvalue weighted by Crippen LogP contribution is 2.17. The fraction of sp³-hybridized carbons (Fsp3) is 0.417. The van der Waals surface area contributed by atoms with Gasteiger partial charge in [0, 0.05) is 13.1 Å². The van der Waals surface area contributed by atoms with E-state index in [0.29, 0.717) is 13.1 Å². The summed E-state index contributed by atoms with van der Waals surface area (Å²) in [7, 11) is 1.61. The molecule has 0 spiro atoms. The highest BCUT2D eigenvalue weighted by molar-refractivity contribution is 5.88. The summed E-state index contributed by atoms with van der Waals surface area (Å²) in [4.78, 5) is 27.5. The first-order valence-electron chi connectivity index (χ1n) is 10.2. The molecule has 0 saturated carbocycles. The molecule has 0 heterocycles. The molecular weight excluding hydrogens is 364 g/mol. The molecule has 29 heavy (non-hydrogen) atoms. The van der Waals surface area contributed by atoms with Gasteiger partial charge in [-0.3, -0.25) is 9.59 Å². The Morgan fingerprint density at radius 3 is 2.52 bits per heavy atom. The Kier molecular flexibility index (Phi) is 8.71. The fourth-order valence-electron chi connectivity index (χ4n) is 3.18. The quantitative estimate of drug-likeness (QED) is 0.620. The zero-order chi connectivity index (χ0) is 21.2. The normalized spacial score (nSPS) is 11.6. The molecule has 2 amide bonds. The fourth-order valence-corrected chi connectivity index (χ4v) is 3.18. The van der Waals surface area contributed by atoms with Crippen molar-refractivity contribution in [2.75, 3.05) is 13.7 Å². The maximum Gasteiger partial charge on any atom is 0.242 e. The van der Waals surface area contributed by atoms with E-state index in [2.05, 4.69) is 12.2 Å². The molecule has 2 aromatic carbocycles. The average Bonchev–Trinajstić information content (AvgIpc) is 2.71. The summed E-state index contributed by atoms with van der Waals surface area (Å²) in [5.74, 6) is 0.532. The lowest BCUT2D eigenvalue weighted by atomic mass is 10.1. The summed E-state index contributed by atoms with van der Waals surface area (Å²) in [6.07, 6.45) is 2.19. The van der Waals surface area contributed by atoms with Crippen LogP contribution in [0.2, 0.25) is 0 Å². The van der Waals surface area contributed by atoms with Gasteiger partial charge in [-0.05, 0) is 43.5 Å². The van der Waals surface area contributed by atoms with Crippen molar-refractivity contribution < 1.29 is 14.3 Å².